The summed E-state index contributed by atoms with van der Waals surface area (Å²) in [6, 6.07) is 6.53. The van der Waals surface area contributed by atoms with E-state index < -0.39 is 43.3 Å². The third-order valence-electron chi connectivity index (χ3n) is 3.65. The number of ether oxygens (including phenoxy) is 2. The van der Waals surface area contributed by atoms with Gasteiger partial charge in [-0.3, -0.25) is 4.79 Å². The second kappa shape index (κ2) is 7.71. The molecule has 8 heteroatoms. The van der Waals surface area contributed by atoms with Crippen LogP contribution < -0.4 is 4.74 Å². The summed E-state index contributed by atoms with van der Waals surface area (Å²) in [5.74, 6) is -0.542. The molecule has 1 aromatic carbocycles. The van der Waals surface area contributed by atoms with Crippen molar-refractivity contribution in [3.8, 4) is 5.75 Å². The fourth-order valence-corrected chi connectivity index (χ4v) is 2.28. The zero-order chi connectivity index (χ0) is 17.0. The van der Waals surface area contributed by atoms with E-state index in [4.69, 9.17) is 19.7 Å². The molecule has 1 aliphatic heterocycles. The molecule has 3 unspecified atom stereocenters. The van der Waals surface area contributed by atoms with Crippen LogP contribution in [0.1, 0.15) is 12.0 Å². The highest BCUT2D eigenvalue weighted by atomic mass is 16.7. The van der Waals surface area contributed by atoms with E-state index >= 15 is 0 Å². The third-order valence-corrected chi connectivity index (χ3v) is 3.65. The maximum atomic E-state index is 10.5. The van der Waals surface area contributed by atoms with Crippen LogP contribution in [0.5, 0.6) is 5.75 Å². The zero-order valence-corrected chi connectivity index (χ0v) is 12.3. The van der Waals surface area contributed by atoms with Gasteiger partial charge in [-0.05, 0) is 24.1 Å². The molecule has 5 N–H and O–H groups in total. The molecule has 0 aliphatic carbocycles. The number of benzene rings is 1. The monoisotopic (exact) mass is 328 g/mol. The van der Waals surface area contributed by atoms with E-state index in [-0.39, 0.29) is 6.42 Å². The van der Waals surface area contributed by atoms with Gasteiger partial charge in [0.1, 0.15) is 30.2 Å². The third kappa shape index (κ3) is 4.40. The molecule has 5 atom stereocenters. The second-order valence-electron chi connectivity index (χ2n) is 5.35. The zero-order valence-electron chi connectivity index (χ0n) is 12.3. The van der Waals surface area contributed by atoms with Gasteiger partial charge in [-0.25, -0.2) is 0 Å². The molecule has 128 valence electrons. The van der Waals surface area contributed by atoms with Crippen molar-refractivity contribution in [2.24, 2.45) is 0 Å². The van der Waals surface area contributed by atoms with E-state index in [2.05, 4.69) is 0 Å². The lowest BCUT2D eigenvalue weighted by Gasteiger charge is -2.39. The van der Waals surface area contributed by atoms with Gasteiger partial charge in [-0.2, -0.15) is 0 Å². The molecule has 0 bridgehead atoms. The summed E-state index contributed by atoms with van der Waals surface area (Å²) >= 11 is 0. The van der Waals surface area contributed by atoms with E-state index in [1.165, 1.54) is 0 Å². The predicted octanol–water partition coefficient (Wildman–Crippen LogP) is -1.12. The molecule has 0 spiro atoms. The Hall–Kier alpha value is -1.71. The summed E-state index contributed by atoms with van der Waals surface area (Å²) in [6.45, 7) is -0.529. The first-order valence-electron chi connectivity index (χ1n) is 7.20. The van der Waals surface area contributed by atoms with Gasteiger partial charge in [0.15, 0.2) is 0 Å². The molecule has 1 fully saturated rings. The first-order chi connectivity index (χ1) is 10.9. The van der Waals surface area contributed by atoms with Gasteiger partial charge in [0.2, 0.25) is 6.29 Å². The van der Waals surface area contributed by atoms with Gasteiger partial charge in [-0.15, -0.1) is 0 Å². The average molecular weight is 328 g/mol. The van der Waals surface area contributed by atoms with Gasteiger partial charge >= 0.3 is 5.97 Å². The molecule has 1 aliphatic rings. The van der Waals surface area contributed by atoms with Crippen LogP contribution in [0, 0.1) is 0 Å². The lowest BCUT2D eigenvalue weighted by atomic mass is 9.99. The van der Waals surface area contributed by atoms with Crippen LogP contribution in [0.15, 0.2) is 24.3 Å². The average Bonchev–Trinajstić information content (AvgIpc) is 2.54. The largest absolute Gasteiger partial charge is 0.481 e. The summed E-state index contributed by atoms with van der Waals surface area (Å²) in [5, 5.41) is 47.0. The molecule has 8 nitrogen and oxygen atoms in total. The summed E-state index contributed by atoms with van der Waals surface area (Å²) < 4.78 is 10.7. The molecule has 2 rings (SSSR count). The van der Waals surface area contributed by atoms with E-state index in [1.54, 1.807) is 24.3 Å². The number of aliphatic hydroxyl groups is 4. The van der Waals surface area contributed by atoms with Gasteiger partial charge in [-0.1, -0.05) is 12.1 Å². The van der Waals surface area contributed by atoms with E-state index in [0.29, 0.717) is 12.2 Å². The second-order valence-corrected chi connectivity index (χ2v) is 5.35. The predicted molar refractivity (Wildman–Crippen MR) is 76.8 cm³/mol. The lowest BCUT2D eigenvalue weighted by Crippen LogP contribution is -2.60. The highest BCUT2D eigenvalue weighted by Gasteiger charge is 2.44. The number of carboxylic acids is 1. The number of carbonyl (C=O) groups is 1. The molecule has 0 aromatic heterocycles. The highest BCUT2D eigenvalue weighted by Crippen LogP contribution is 2.24. The maximum Gasteiger partial charge on any atom is 0.303 e. The normalized spacial score (nSPS) is 30.9. The van der Waals surface area contributed by atoms with Crippen LogP contribution in [0.3, 0.4) is 0 Å². The van der Waals surface area contributed by atoms with Crippen molar-refractivity contribution >= 4 is 5.97 Å². The van der Waals surface area contributed by atoms with Crippen molar-refractivity contribution in [2.45, 2.75) is 43.5 Å². The number of hydrogen-bond donors (Lipinski definition) is 5. The molecule has 1 saturated heterocycles. The van der Waals surface area contributed by atoms with Crippen molar-refractivity contribution in [3.05, 3.63) is 29.8 Å². The molecular formula is C15H20O8. The summed E-state index contributed by atoms with van der Waals surface area (Å²) in [6.07, 6.45) is -6.28. The van der Waals surface area contributed by atoms with Crippen LogP contribution >= 0.6 is 0 Å². The minimum absolute atomic E-state index is 0.0207. The Morgan fingerprint density at radius 2 is 1.74 bits per heavy atom. The fourth-order valence-electron chi connectivity index (χ4n) is 2.28. The smallest absolute Gasteiger partial charge is 0.303 e. The maximum absolute atomic E-state index is 10.5. The summed E-state index contributed by atoms with van der Waals surface area (Å²) in [7, 11) is 0. The summed E-state index contributed by atoms with van der Waals surface area (Å²) in [5.41, 5.74) is 0.813. The van der Waals surface area contributed by atoms with Crippen molar-refractivity contribution < 1.29 is 39.8 Å². The molecule has 0 radical (unpaired) electrons. The first-order valence-corrected chi connectivity index (χ1v) is 7.20. The topological polar surface area (TPSA) is 137 Å². The Kier molecular flexibility index (Phi) is 5.91. The number of carboxylic acid groups (broad SMARTS) is 1. The molecule has 0 amide bonds. The van der Waals surface area contributed by atoms with Crippen molar-refractivity contribution in [1.82, 2.24) is 0 Å². The van der Waals surface area contributed by atoms with Gasteiger partial charge in [0.25, 0.3) is 0 Å². The minimum Gasteiger partial charge on any atom is -0.481 e. The Morgan fingerprint density at radius 1 is 1.09 bits per heavy atom. The Labute approximate surface area is 132 Å². The Balaban J connectivity index is 1.99. The van der Waals surface area contributed by atoms with Gasteiger partial charge in [0.05, 0.1) is 6.61 Å². The van der Waals surface area contributed by atoms with Crippen LogP contribution in [-0.2, 0) is 16.0 Å². The van der Waals surface area contributed by atoms with Gasteiger partial charge < -0.3 is 35.0 Å². The molecule has 0 saturated carbocycles. The van der Waals surface area contributed by atoms with Crippen LogP contribution in [0.25, 0.3) is 0 Å². The lowest BCUT2D eigenvalue weighted by molar-refractivity contribution is -0.277. The van der Waals surface area contributed by atoms with E-state index in [0.717, 1.165) is 5.56 Å². The number of rotatable bonds is 6. The minimum atomic E-state index is -1.50. The van der Waals surface area contributed by atoms with Crippen molar-refractivity contribution in [3.63, 3.8) is 0 Å². The van der Waals surface area contributed by atoms with Crippen LogP contribution in [0.2, 0.25) is 0 Å². The SMILES string of the molecule is O=C(O)CCc1ccc(O[C@@H]2OC(CO)[C@H](O)C(O)C2O)cc1. The van der Waals surface area contributed by atoms with Gasteiger partial charge in [0, 0.05) is 6.42 Å². The van der Waals surface area contributed by atoms with E-state index in [9.17, 15) is 20.1 Å². The molecular weight excluding hydrogens is 308 g/mol. The Bertz CT molecular complexity index is 515. The number of aliphatic hydroxyl groups excluding tert-OH is 4. The van der Waals surface area contributed by atoms with Crippen molar-refractivity contribution in [2.75, 3.05) is 6.61 Å². The van der Waals surface area contributed by atoms with Crippen LogP contribution in [0.4, 0.5) is 0 Å². The van der Waals surface area contributed by atoms with Crippen molar-refractivity contribution in [1.29, 1.82) is 0 Å². The quantitative estimate of drug-likeness (QED) is 0.443. The molecule has 1 aromatic rings. The number of hydrogen-bond acceptors (Lipinski definition) is 7. The number of aliphatic carboxylic acids is 1. The number of aryl methyl sites for hydroxylation is 1. The Morgan fingerprint density at radius 3 is 2.30 bits per heavy atom. The van der Waals surface area contributed by atoms with E-state index in [1.807, 2.05) is 0 Å². The first kappa shape index (κ1) is 17.6. The molecule has 1 heterocycles. The van der Waals surface area contributed by atoms with Crippen LogP contribution in [-0.4, -0.2) is 68.8 Å². The summed E-state index contributed by atoms with van der Waals surface area (Å²) in [4.78, 5) is 10.5. The standard InChI is InChI=1S/C15H20O8/c16-7-10-12(19)13(20)14(21)15(23-10)22-9-4-1-8(2-5-9)3-6-11(17)18/h1-2,4-5,10,12-16,19-21H,3,6-7H2,(H,17,18)/t10?,12-,13?,14?,15+/m0/s1. The molecule has 23 heavy (non-hydrogen) atoms. The fraction of sp³-hybridized carbons (Fsp3) is 0.533. The highest BCUT2D eigenvalue weighted by molar-refractivity contribution is 5.67.